The molecule has 0 unspecified atom stereocenters. The van der Waals surface area contributed by atoms with Crippen LogP contribution in [0.4, 0.5) is 0 Å². The normalized spacial score (nSPS) is 19.3. The molecule has 3 heteroatoms. The SMILES string of the molecule is C=N.NCC1CCOCC1. The van der Waals surface area contributed by atoms with Gasteiger partial charge in [0.25, 0.3) is 0 Å². The van der Waals surface area contributed by atoms with Crippen molar-refractivity contribution >= 4 is 6.72 Å². The van der Waals surface area contributed by atoms with Gasteiger partial charge < -0.3 is 15.9 Å². The molecule has 1 rings (SSSR count). The van der Waals surface area contributed by atoms with Gasteiger partial charge in [0.2, 0.25) is 0 Å². The van der Waals surface area contributed by atoms with E-state index in [9.17, 15) is 0 Å². The molecule has 0 aliphatic carbocycles. The highest BCUT2D eigenvalue weighted by Gasteiger charge is 2.10. The third kappa shape index (κ3) is 3.58. The summed E-state index contributed by atoms with van der Waals surface area (Å²) in [5.74, 6) is 0.740. The summed E-state index contributed by atoms with van der Waals surface area (Å²) in [6.45, 7) is 5.17. The zero-order valence-electron chi connectivity index (χ0n) is 6.31. The van der Waals surface area contributed by atoms with E-state index in [1.165, 1.54) is 0 Å². The summed E-state index contributed by atoms with van der Waals surface area (Å²) in [7, 11) is 0. The Bertz CT molecular complexity index is 72.0. The molecule has 1 fully saturated rings. The summed E-state index contributed by atoms with van der Waals surface area (Å²) in [5, 5.41) is 5.50. The lowest BCUT2D eigenvalue weighted by Crippen LogP contribution is -2.22. The molecule has 1 saturated heterocycles. The van der Waals surface area contributed by atoms with Gasteiger partial charge in [0, 0.05) is 13.2 Å². The van der Waals surface area contributed by atoms with Crippen LogP contribution < -0.4 is 5.73 Å². The van der Waals surface area contributed by atoms with Crippen LogP contribution in [0.3, 0.4) is 0 Å². The van der Waals surface area contributed by atoms with Gasteiger partial charge in [-0.3, -0.25) is 0 Å². The van der Waals surface area contributed by atoms with E-state index in [-0.39, 0.29) is 0 Å². The number of hydrogen-bond donors (Lipinski definition) is 2. The predicted octanol–water partition coefficient (Wildman–Crippen LogP) is 0.637. The molecule has 0 atom stereocenters. The molecule has 0 bridgehead atoms. The Balaban J connectivity index is 0.000000371. The third-order valence-corrected chi connectivity index (χ3v) is 1.67. The summed E-state index contributed by atoms with van der Waals surface area (Å²) in [4.78, 5) is 0. The molecule has 1 aliphatic heterocycles. The Hall–Kier alpha value is -0.410. The molecule has 0 aromatic carbocycles. The highest BCUT2D eigenvalue weighted by atomic mass is 16.5. The van der Waals surface area contributed by atoms with E-state index in [1.807, 2.05) is 0 Å². The van der Waals surface area contributed by atoms with E-state index in [0.29, 0.717) is 0 Å². The molecule has 0 aromatic heterocycles. The number of rotatable bonds is 1. The maximum Gasteiger partial charge on any atom is 0.0469 e. The Labute approximate surface area is 62.1 Å². The van der Waals surface area contributed by atoms with Crippen molar-refractivity contribution in [2.24, 2.45) is 11.7 Å². The maximum atomic E-state index is 5.50. The van der Waals surface area contributed by atoms with Crippen LogP contribution >= 0.6 is 0 Å². The van der Waals surface area contributed by atoms with E-state index < -0.39 is 0 Å². The van der Waals surface area contributed by atoms with E-state index in [1.54, 1.807) is 0 Å². The summed E-state index contributed by atoms with van der Waals surface area (Å²) < 4.78 is 5.15. The Morgan fingerprint density at radius 1 is 1.40 bits per heavy atom. The van der Waals surface area contributed by atoms with Crippen molar-refractivity contribution in [3.8, 4) is 0 Å². The minimum atomic E-state index is 0.740. The first-order valence-corrected chi connectivity index (χ1v) is 3.56. The smallest absolute Gasteiger partial charge is 0.0469 e. The first-order valence-electron chi connectivity index (χ1n) is 3.56. The van der Waals surface area contributed by atoms with E-state index >= 15 is 0 Å². The van der Waals surface area contributed by atoms with Crippen molar-refractivity contribution in [2.75, 3.05) is 19.8 Å². The van der Waals surface area contributed by atoms with Gasteiger partial charge in [0.15, 0.2) is 0 Å². The van der Waals surface area contributed by atoms with Crippen LogP contribution in [0.25, 0.3) is 0 Å². The molecule has 1 aliphatic rings. The Morgan fingerprint density at radius 2 is 1.90 bits per heavy atom. The molecule has 0 aromatic rings. The molecule has 0 radical (unpaired) electrons. The van der Waals surface area contributed by atoms with E-state index in [4.69, 9.17) is 15.9 Å². The van der Waals surface area contributed by atoms with Crippen LogP contribution in [0, 0.1) is 11.3 Å². The molecule has 3 N–H and O–H groups in total. The number of nitrogens with two attached hydrogens (primary N) is 1. The van der Waals surface area contributed by atoms with Crippen molar-refractivity contribution in [1.82, 2.24) is 0 Å². The lowest BCUT2D eigenvalue weighted by molar-refractivity contribution is 0.0688. The van der Waals surface area contributed by atoms with Crippen molar-refractivity contribution in [3.63, 3.8) is 0 Å². The summed E-state index contributed by atoms with van der Waals surface area (Å²) in [6, 6.07) is 0. The van der Waals surface area contributed by atoms with Crippen molar-refractivity contribution < 1.29 is 4.74 Å². The monoisotopic (exact) mass is 144 g/mol. The Kier molecular flexibility index (Phi) is 6.43. The summed E-state index contributed by atoms with van der Waals surface area (Å²) >= 11 is 0. The zero-order chi connectivity index (χ0) is 7.82. The highest BCUT2D eigenvalue weighted by molar-refractivity contribution is 5.15. The van der Waals surface area contributed by atoms with Gasteiger partial charge in [-0.15, -0.1) is 0 Å². The second-order valence-corrected chi connectivity index (χ2v) is 2.29. The quantitative estimate of drug-likeness (QED) is 0.530. The van der Waals surface area contributed by atoms with Gasteiger partial charge in [0.1, 0.15) is 0 Å². The van der Waals surface area contributed by atoms with E-state index in [0.717, 1.165) is 38.5 Å². The topological polar surface area (TPSA) is 59.1 Å². The lowest BCUT2D eigenvalue weighted by atomic mass is 10.0. The Morgan fingerprint density at radius 3 is 2.20 bits per heavy atom. The van der Waals surface area contributed by atoms with Crippen LogP contribution in [0.2, 0.25) is 0 Å². The molecule has 0 amide bonds. The molecule has 1 heterocycles. The number of ether oxygens (including phenoxy) is 1. The fourth-order valence-corrected chi connectivity index (χ4v) is 0.982. The second-order valence-electron chi connectivity index (χ2n) is 2.29. The van der Waals surface area contributed by atoms with Gasteiger partial charge in [-0.1, -0.05) is 0 Å². The van der Waals surface area contributed by atoms with Gasteiger partial charge >= 0.3 is 0 Å². The molecular formula is C7H16N2O. The molecule has 10 heavy (non-hydrogen) atoms. The molecule has 0 spiro atoms. The van der Waals surface area contributed by atoms with Gasteiger partial charge in [0.05, 0.1) is 0 Å². The third-order valence-electron chi connectivity index (χ3n) is 1.67. The minimum absolute atomic E-state index is 0.740. The van der Waals surface area contributed by atoms with Crippen LogP contribution in [-0.4, -0.2) is 26.5 Å². The first kappa shape index (κ1) is 9.59. The van der Waals surface area contributed by atoms with E-state index in [2.05, 4.69) is 6.72 Å². The molecule has 60 valence electrons. The molecule has 3 nitrogen and oxygen atoms in total. The molecular weight excluding hydrogens is 128 g/mol. The van der Waals surface area contributed by atoms with Crippen LogP contribution in [0.15, 0.2) is 0 Å². The minimum Gasteiger partial charge on any atom is -0.381 e. The van der Waals surface area contributed by atoms with Crippen molar-refractivity contribution in [1.29, 1.82) is 5.41 Å². The van der Waals surface area contributed by atoms with Crippen LogP contribution in [0.5, 0.6) is 0 Å². The van der Waals surface area contributed by atoms with Gasteiger partial charge in [-0.05, 0) is 32.0 Å². The fraction of sp³-hybridized carbons (Fsp3) is 0.857. The van der Waals surface area contributed by atoms with Crippen molar-refractivity contribution in [2.45, 2.75) is 12.8 Å². The lowest BCUT2D eigenvalue weighted by Gasteiger charge is -2.19. The standard InChI is InChI=1S/C6H13NO.CH3N/c7-5-6-1-3-8-4-2-6;1-2/h6H,1-5,7H2;2H,1H2. The average Bonchev–Trinajstić information content (AvgIpc) is 2.10. The van der Waals surface area contributed by atoms with Crippen LogP contribution in [0.1, 0.15) is 12.8 Å². The average molecular weight is 144 g/mol. The fourth-order valence-electron chi connectivity index (χ4n) is 0.982. The highest BCUT2D eigenvalue weighted by Crippen LogP contribution is 2.11. The zero-order valence-corrected chi connectivity index (χ0v) is 6.31. The maximum absolute atomic E-state index is 5.50. The largest absolute Gasteiger partial charge is 0.381 e. The first-order chi connectivity index (χ1) is 4.93. The summed E-state index contributed by atoms with van der Waals surface area (Å²) in [6.07, 6.45) is 2.33. The van der Waals surface area contributed by atoms with Crippen LogP contribution in [-0.2, 0) is 4.74 Å². The number of nitrogens with one attached hydrogen (secondary N) is 1. The summed E-state index contributed by atoms with van der Waals surface area (Å²) in [5.41, 5.74) is 5.45. The van der Waals surface area contributed by atoms with Gasteiger partial charge in [-0.25, -0.2) is 0 Å². The second kappa shape index (κ2) is 6.71. The number of hydrogen-bond acceptors (Lipinski definition) is 3. The van der Waals surface area contributed by atoms with Gasteiger partial charge in [-0.2, -0.15) is 0 Å². The predicted molar refractivity (Wildman–Crippen MR) is 42.4 cm³/mol. The molecule has 0 saturated carbocycles. The van der Waals surface area contributed by atoms with Crippen molar-refractivity contribution in [3.05, 3.63) is 0 Å².